The van der Waals surface area contributed by atoms with Crippen LogP contribution in [-0.4, -0.2) is 42.0 Å². The molecular formula is C22H28N4O4S. The molecule has 3 rings (SSSR count). The van der Waals surface area contributed by atoms with E-state index in [1.807, 2.05) is 39.0 Å². The molecule has 0 atom stereocenters. The summed E-state index contributed by atoms with van der Waals surface area (Å²) >= 11 is 1.37. The summed E-state index contributed by atoms with van der Waals surface area (Å²) in [6, 6.07) is 5.88. The summed E-state index contributed by atoms with van der Waals surface area (Å²) in [5.74, 6) is -0.294. The highest BCUT2D eigenvalue weighted by Gasteiger charge is 2.27. The molecule has 2 aromatic rings. The number of amides is 1. The van der Waals surface area contributed by atoms with Gasteiger partial charge in [0, 0.05) is 11.9 Å². The highest BCUT2D eigenvalue weighted by atomic mass is 32.1. The number of aromatic nitrogens is 1. The Bertz CT molecular complexity index is 965. The Kier molecular flexibility index (Phi) is 7.27. The smallest absolute Gasteiger partial charge is 0.414 e. The van der Waals surface area contributed by atoms with E-state index in [9.17, 15) is 9.59 Å². The largest absolute Gasteiger partial charge is 0.466 e. The summed E-state index contributed by atoms with van der Waals surface area (Å²) in [7, 11) is 0. The maximum Gasteiger partial charge on any atom is 0.414 e. The van der Waals surface area contributed by atoms with Crippen LogP contribution in [0.2, 0.25) is 0 Å². The number of hydrogen-bond donors (Lipinski definition) is 1. The second kappa shape index (κ2) is 9.91. The van der Waals surface area contributed by atoms with Gasteiger partial charge in [0.25, 0.3) is 0 Å². The van der Waals surface area contributed by atoms with Crippen LogP contribution in [0.4, 0.5) is 15.6 Å². The first kappa shape index (κ1) is 22.7. The van der Waals surface area contributed by atoms with Crippen LogP contribution in [0, 0.1) is 0 Å². The molecule has 0 saturated carbocycles. The van der Waals surface area contributed by atoms with Crippen molar-refractivity contribution in [2.45, 2.75) is 52.6 Å². The van der Waals surface area contributed by atoms with Crippen molar-refractivity contribution >= 4 is 40.4 Å². The second-order valence-electron chi connectivity index (χ2n) is 8.12. The van der Waals surface area contributed by atoms with Crippen LogP contribution in [0.5, 0.6) is 0 Å². The number of anilines is 2. The fourth-order valence-corrected chi connectivity index (χ4v) is 3.82. The number of carbonyl (C=O) groups is 2. The fraction of sp³-hybridized carbons (Fsp3) is 0.455. The molecule has 0 aliphatic carbocycles. The van der Waals surface area contributed by atoms with Gasteiger partial charge in [0.15, 0.2) is 0 Å². The van der Waals surface area contributed by atoms with Gasteiger partial charge in [-0.05, 0) is 63.8 Å². The number of ether oxygens (including phenoxy) is 2. The molecule has 0 bridgehead atoms. The molecule has 2 heterocycles. The van der Waals surface area contributed by atoms with Crippen LogP contribution < -0.4 is 10.3 Å². The van der Waals surface area contributed by atoms with Crippen LogP contribution in [0.3, 0.4) is 0 Å². The number of thiazole rings is 1. The lowest BCUT2D eigenvalue weighted by atomic mass is 10.00. The number of hydrazone groups is 1. The lowest BCUT2D eigenvalue weighted by molar-refractivity contribution is -0.142. The Balaban J connectivity index is 1.62. The lowest BCUT2D eigenvalue weighted by Crippen LogP contribution is -2.39. The van der Waals surface area contributed by atoms with Gasteiger partial charge in [0.05, 0.1) is 30.6 Å². The van der Waals surface area contributed by atoms with Crippen LogP contribution >= 0.6 is 11.3 Å². The van der Waals surface area contributed by atoms with Crippen molar-refractivity contribution in [3.63, 3.8) is 0 Å². The second-order valence-corrected chi connectivity index (χ2v) is 8.98. The predicted molar refractivity (Wildman–Crippen MR) is 122 cm³/mol. The van der Waals surface area contributed by atoms with Crippen LogP contribution in [0.1, 0.15) is 50.9 Å². The zero-order valence-electron chi connectivity index (χ0n) is 18.3. The highest BCUT2D eigenvalue weighted by Crippen LogP contribution is 2.29. The van der Waals surface area contributed by atoms with Gasteiger partial charge in [-0.15, -0.1) is 11.3 Å². The van der Waals surface area contributed by atoms with Gasteiger partial charge >= 0.3 is 12.1 Å². The molecule has 166 valence electrons. The van der Waals surface area contributed by atoms with E-state index in [-0.39, 0.29) is 18.5 Å². The van der Waals surface area contributed by atoms with Gasteiger partial charge in [-0.25, -0.2) is 9.78 Å². The van der Waals surface area contributed by atoms with Crippen molar-refractivity contribution in [1.29, 1.82) is 0 Å². The Labute approximate surface area is 186 Å². The molecule has 1 aliphatic rings. The van der Waals surface area contributed by atoms with Gasteiger partial charge < -0.3 is 9.47 Å². The van der Waals surface area contributed by atoms with Crippen molar-refractivity contribution in [2.75, 3.05) is 23.5 Å². The number of esters is 1. The molecular weight excluding hydrogens is 416 g/mol. The van der Waals surface area contributed by atoms with E-state index >= 15 is 0 Å². The van der Waals surface area contributed by atoms with E-state index in [0.717, 1.165) is 29.7 Å². The number of nitrogens with zero attached hydrogens (tertiary/aromatic N) is 3. The number of aryl methyl sites for hydroxylation is 1. The zero-order chi connectivity index (χ0) is 22.4. The van der Waals surface area contributed by atoms with E-state index < -0.39 is 5.60 Å². The number of rotatable bonds is 6. The molecule has 1 aliphatic heterocycles. The van der Waals surface area contributed by atoms with Crippen molar-refractivity contribution in [2.24, 2.45) is 5.10 Å². The predicted octanol–water partition coefficient (Wildman–Crippen LogP) is 4.38. The average molecular weight is 445 g/mol. The molecule has 0 radical (unpaired) electrons. The van der Waals surface area contributed by atoms with E-state index in [4.69, 9.17) is 9.47 Å². The van der Waals surface area contributed by atoms with Gasteiger partial charge in [0.1, 0.15) is 5.60 Å². The van der Waals surface area contributed by atoms with Gasteiger partial charge in [-0.1, -0.05) is 6.07 Å². The van der Waals surface area contributed by atoms with Crippen LogP contribution in [0.15, 0.2) is 28.7 Å². The first-order valence-corrected chi connectivity index (χ1v) is 11.2. The van der Waals surface area contributed by atoms with Crippen molar-refractivity contribution in [3.8, 4) is 0 Å². The summed E-state index contributed by atoms with van der Waals surface area (Å²) in [4.78, 5) is 30.1. The molecule has 1 aromatic carbocycles. The first-order chi connectivity index (χ1) is 14.7. The molecule has 0 saturated heterocycles. The topological polar surface area (TPSA) is 93.1 Å². The molecule has 1 N–H and O–H groups in total. The normalized spacial score (nSPS) is 13.7. The molecule has 8 nitrogen and oxygen atoms in total. The summed E-state index contributed by atoms with van der Waals surface area (Å²) in [5, 5.41) is 6.65. The number of carbonyl (C=O) groups excluding carboxylic acids is 2. The summed E-state index contributed by atoms with van der Waals surface area (Å²) in [6.45, 7) is 8.37. The molecule has 0 spiro atoms. The zero-order valence-corrected chi connectivity index (χ0v) is 19.1. The highest BCUT2D eigenvalue weighted by molar-refractivity contribution is 7.13. The molecule has 0 unspecified atom stereocenters. The summed E-state index contributed by atoms with van der Waals surface area (Å²) in [5.41, 5.74) is 5.90. The van der Waals surface area contributed by atoms with Gasteiger partial charge in [0.2, 0.25) is 5.13 Å². The Hall–Kier alpha value is -2.94. The van der Waals surface area contributed by atoms with E-state index in [1.165, 1.54) is 11.3 Å². The maximum atomic E-state index is 12.5. The Morgan fingerprint density at radius 3 is 2.90 bits per heavy atom. The number of fused-ring (bicyclic) bond motifs is 1. The third kappa shape index (κ3) is 6.52. The molecule has 31 heavy (non-hydrogen) atoms. The Morgan fingerprint density at radius 1 is 1.35 bits per heavy atom. The van der Waals surface area contributed by atoms with Gasteiger partial charge in [-0.2, -0.15) is 5.10 Å². The third-order valence-corrected chi connectivity index (χ3v) is 5.19. The summed E-state index contributed by atoms with van der Waals surface area (Å²) in [6.07, 6.45) is 3.31. The fourth-order valence-electron chi connectivity index (χ4n) is 3.17. The lowest BCUT2D eigenvalue weighted by Gasteiger charge is -2.31. The Morgan fingerprint density at radius 2 is 2.16 bits per heavy atom. The minimum Gasteiger partial charge on any atom is -0.466 e. The number of benzene rings is 1. The molecule has 9 heteroatoms. The standard InChI is InChI=1S/C22H28N4O4S/c1-5-29-19(27)12-17-14-31-20(24-17)25-23-13-15-8-9-18-16(11-15)7-6-10-26(18)21(28)30-22(2,3)4/h8-9,11,13-14H,5-7,10,12H2,1-4H3,(H,24,25). The quantitative estimate of drug-likeness (QED) is 0.404. The average Bonchev–Trinajstić information content (AvgIpc) is 3.13. The summed E-state index contributed by atoms with van der Waals surface area (Å²) < 4.78 is 10.5. The SMILES string of the molecule is CCOC(=O)Cc1csc(NN=Cc2ccc3c(c2)CCCN3C(=O)OC(C)(C)C)n1. The van der Waals surface area contributed by atoms with E-state index in [0.29, 0.717) is 24.0 Å². The first-order valence-electron chi connectivity index (χ1n) is 10.3. The molecule has 0 fully saturated rings. The molecule has 1 amide bonds. The minimum absolute atomic E-state index is 0.148. The van der Waals surface area contributed by atoms with Crippen LogP contribution in [0.25, 0.3) is 0 Å². The van der Waals surface area contributed by atoms with Gasteiger partial charge in [-0.3, -0.25) is 15.1 Å². The third-order valence-electron chi connectivity index (χ3n) is 4.39. The number of hydrogen-bond acceptors (Lipinski definition) is 8. The van der Waals surface area contributed by atoms with E-state index in [2.05, 4.69) is 15.5 Å². The van der Waals surface area contributed by atoms with Crippen molar-refractivity contribution < 1.29 is 19.1 Å². The maximum absolute atomic E-state index is 12.5. The monoisotopic (exact) mass is 444 g/mol. The molecule has 1 aromatic heterocycles. The van der Waals surface area contributed by atoms with E-state index in [1.54, 1.807) is 23.4 Å². The van der Waals surface area contributed by atoms with Crippen molar-refractivity contribution in [1.82, 2.24) is 4.98 Å². The van der Waals surface area contributed by atoms with Crippen molar-refractivity contribution in [3.05, 3.63) is 40.4 Å². The van der Waals surface area contributed by atoms with Crippen LogP contribution in [-0.2, 0) is 27.1 Å². The minimum atomic E-state index is -0.529. The number of nitrogens with one attached hydrogen (secondary N) is 1.